The quantitative estimate of drug-likeness (QED) is 0.884. The van der Waals surface area contributed by atoms with Crippen molar-refractivity contribution in [1.29, 1.82) is 0 Å². The van der Waals surface area contributed by atoms with Crippen LogP contribution in [0.3, 0.4) is 0 Å². The van der Waals surface area contributed by atoms with Crippen molar-refractivity contribution in [1.82, 2.24) is 9.62 Å². The van der Waals surface area contributed by atoms with Crippen LogP contribution in [0.15, 0.2) is 33.6 Å². The van der Waals surface area contributed by atoms with Gasteiger partial charge in [0.2, 0.25) is 10.0 Å². The number of nitrogens with zero attached hydrogens (tertiary/aromatic N) is 1. The van der Waals surface area contributed by atoms with Gasteiger partial charge in [0.1, 0.15) is 0 Å². The summed E-state index contributed by atoms with van der Waals surface area (Å²) >= 11 is 3.31. The zero-order chi connectivity index (χ0) is 15.7. The molecule has 1 fully saturated rings. The van der Waals surface area contributed by atoms with Crippen molar-refractivity contribution in [2.45, 2.75) is 50.1 Å². The molecule has 0 radical (unpaired) electrons. The van der Waals surface area contributed by atoms with E-state index in [4.69, 9.17) is 0 Å². The summed E-state index contributed by atoms with van der Waals surface area (Å²) in [4.78, 5) is 2.71. The summed E-state index contributed by atoms with van der Waals surface area (Å²) in [6.07, 6.45) is 1.70. The van der Waals surface area contributed by atoms with Crippen molar-refractivity contribution in [2.24, 2.45) is 0 Å². The van der Waals surface area contributed by atoms with E-state index in [1.54, 1.807) is 18.2 Å². The highest BCUT2D eigenvalue weighted by atomic mass is 79.9. The number of hydrogen-bond acceptors (Lipinski definition) is 3. The van der Waals surface area contributed by atoms with Crippen LogP contribution in [-0.4, -0.2) is 38.0 Å². The molecule has 4 nitrogen and oxygen atoms in total. The van der Waals surface area contributed by atoms with Gasteiger partial charge in [-0.3, -0.25) is 4.90 Å². The van der Waals surface area contributed by atoms with Gasteiger partial charge in [-0.1, -0.05) is 22.0 Å². The molecule has 0 amide bonds. The van der Waals surface area contributed by atoms with Gasteiger partial charge >= 0.3 is 0 Å². The standard InChI is InChI=1S/C15H23BrN2O2S/c1-15(2,3)18-9-7-13(8-10-18)17-21(19,20)14-6-4-5-12(16)11-14/h4-6,11,13,17H,7-10H2,1-3H3. The molecule has 1 saturated heterocycles. The highest BCUT2D eigenvalue weighted by Gasteiger charge is 2.29. The maximum Gasteiger partial charge on any atom is 0.240 e. The summed E-state index contributed by atoms with van der Waals surface area (Å²) in [6, 6.07) is 6.83. The average molecular weight is 375 g/mol. The Morgan fingerprint density at radius 1 is 1.24 bits per heavy atom. The largest absolute Gasteiger partial charge is 0.298 e. The number of likely N-dealkylation sites (tertiary alicyclic amines) is 1. The van der Waals surface area contributed by atoms with Crippen LogP contribution in [0, 0.1) is 0 Å². The highest BCUT2D eigenvalue weighted by Crippen LogP contribution is 2.22. The van der Waals surface area contributed by atoms with Crippen molar-refractivity contribution < 1.29 is 8.42 Å². The van der Waals surface area contributed by atoms with Crippen LogP contribution in [0.5, 0.6) is 0 Å². The smallest absolute Gasteiger partial charge is 0.240 e. The van der Waals surface area contributed by atoms with Crippen LogP contribution < -0.4 is 4.72 Å². The molecule has 0 unspecified atom stereocenters. The normalized spacial score (nSPS) is 18.9. The van der Waals surface area contributed by atoms with E-state index < -0.39 is 10.0 Å². The van der Waals surface area contributed by atoms with Gasteiger partial charge in [0.25, 0.3) is 0 Å². The van der Waals surface area contributed by atoms with Gasteiger partial charge in [-0.2, -0.15) is 0 Å². The zero-order valence-electron chi connectivity index (χ0n) is 12.8. The number of hydrogen-bond donors (Lipinski definition) is 1. The van der Waals surface area contributed by atoms with Gasteiger partial charge in [0.15, 0.2) is 0 Å². The number of benzene rings is 1. The lowest BCUT2D eigenvalue weighted by atomic mass is 9.99. The lowest BCUT2D eigenvalue weighted by Gasteiger charge is -2.40. The van der Waals surface area contributed by atoms with E-state index >= 15 is 0 Å². The Labute approximate surface area is 136 Å². The minimum atomic E-state index is -3.43. The molecule has 1 aromatic carbocycles. The van der Waals surface area contributed by atoms with Crippen LogP contribution in [0.4, 0.5) is 0 Å². The minimum Gasteiger partial charge on any atom is -0.298 e. The fourth-order valence-corrected chi connectivity index (χ4v) is 4.49. The monoisotopic (exact) mass is 374 g/mol. The van der Waals surface area contributed by atoms with Gasteiger partial charge < -0.3 is 0 Å². The summed E-state index contributed by atoms with van der Waals surface area (Å²) in [6.45, 7) is 8.43. The molecule has 118 valence electrons. The zero-order valence-corrected chi connectivity index (χ0v) is 15.2. The topological polar surface area (TPSA) is 49.4 Å². The van der Waals surface area contributed by atoms with Gasteiger partial charge in [-0.05, 0) is 51.8 Å². The molecule has 0 spiro atoms. The first kappa shape index (κ1) is 16.9. The fraction of sp³-hybridized carbons (Fsp3) is 0.600. The molecule has 0 aromatic heterocycles. The van der Waals surface area contributed by atoms with E-state index in [9.17, 15) is 8.42 Å². The highest BCUT2D eigenvalue weighted by molar-refractivity contribution is 9.10. The summed E-state index contributed by atoms with van der Waals surface area (Å²) in [5, 5.41) is 0. The minimum absolute atomic E-state index is 0.0209. The first-order chi connectivity index (χ1) is 9.68. The molecule has 6 heteroatoms. The predicted molar refractivity (Wildman–Crippen MR) is 88.8 cm³/mol. The second-order valence-corrected chi connectivity index (χ2v) is 9.14. The maximum absolute atomic E-state index is 12.4. The van der Waals surface area contributed by atoms with Gasteiger partial charge in [-0.15, -0.1) is 0 Å². The molecule has 1 N–H and O–H groups in total. The second-order valence-electron chi connectivity index (χ2n) is 6.51. The van der Waals surface area contributed by atoms with Gasteiger partial charge in [0.05, 0.1) is 4.90 Å². The molecule has 21 heavy (non-hydrogen) atoms. The Morgan fingerprint density at radius 3 is 2.38 bits per heavy atom. The lowest BCUT2D eigenvalue weighted by Crippen LogP contribution is -2.50. The summed E-state index contributed by atoms with van der Waals surface area (Å²) in [5.74, 6) is 0. The molecule has 1 aromatic rings. The summed E-state index contributed by atoms with van der Waals surface area (Å²) in [7, 11) is -3.43. The molecule has 0 atom stereocenters. The van der Waals surface area contributed by atoms with E-state index in [1.165, 1.54) is 0 Å². The van der Waals surface area contributed by atoms with Crippen LogP contribution in [0.1, 0.15) is 33.6 Å². The molecular formula is C15H23BrN2O2S. The van der Waals surface area contributed by atoms with E-state index in [0.29, 0.717) is 4.90 Å². The molecule has 0 aliphatic carbocycles. The molecule has 1 aliphatic heterocycles. The third kappa shape index (κ3) is 4.52. The maximum atomic E-state index is 12.4. The lowest BCUT2D eigenvalue weighted by molar-refractivity contribution is 0.100. The van der Waals surface area contributed by atoms with E-state index in [0.717, 1.165) is 30.4 Å². The molecule has 1 heterocycles. The SMILES string of the molecule is CC(C)(C)N1CCC(NS(=O)(=O)c2cccc(Br)c2)CC1. The third-order valence-corrected chi connectivity index (χ3v) is 5.88. The van der Waals surface area contributed by atoms with Crippen molar-refractivity contribution in [2.75, 3.05) is 13.1 Å². The van der Waals surface area contributed by atoms with E-state index in [2.05, 4.69) is 46.3 Å². The van der Waals surface area contributed by atoms with E-state index in [-0.39, 0.29) is 11.6 Å². The number of sulfonamides is 1. The van der Waals surface area contributed by atoms with E-state index in [1.807, 2.05) is 6.07 Å². The molecule has 0 saturated carbocycles. The first-order valence-electron chi connectivity index (χ1n) is 7.21. The molecular weight excluding hydrogens is 352 g/mol. The Hall–Kier alpha value is -0.430. The Balaban J connectivity index is 2.00. The van der Waals surface area contributed by atoms with Crippen molar-refractivity contribution >= 4 is 26.0 Å². The predicted octanol–water partition coefficient (Wildman–Crippen LogP) is 2.99. The Bertz CT molecular complexity index is 588. The van der Waals surface area contributed by atoms with Crippen LogP contribution in [0.2, 0.25) is 0 Å². The molecule has 2 rings (SSSR count). The van der Waals surface area contributed by atoms with Crippen LogP contribution >= 0.6 is 15.9 Å². The second kappa shape index (κ2) is 6.36. The number of rotatable bonds is 3. The van der Waals surface area contributed by atoms with Crippen molar-refractivity contribution in [3.63, 3.8) is 0 Å². The molecule has 0 bridgehead atoms. The van der Waals surface area contributed by atoms with Crippen LogP contribution in [0.25, 0.3) is 0 Å². The van der Waals surface area contributed by atoms with Gasteiger partial charge in [0, 0.05) is 29.1 Å². The summed E-state index contributed by atoms with van der Waals surface area (Å²) < 4.78 is 28.4. The fourth-order valence-electron chi connectivity index (χ4n) is 2.59. The number of halogens is 1. The number of piperidine rings is 1. The van der Waals surface area contributed by atoms with Crippen molar-refractivity contribution in [3.05, 3.63) is 28.7 Å². The average Bonchev–Trinajstić information content (AvgIpc) is 2.38. The third-order valence-electron chi connectivity index (χ3n) is 3.87. The first-order valence-corrected chi connectivity index (χ1v) is 9.49. The Kier molecular flexibility index (Phi) is 5.13. The summed E-state index contributed by atoms with van der Waals surface area (Å²) in [5.41, 5.74) is 0.147. The van der Waals surface area contributed by atoms with Gasteiger partial charge in [-0.25, -0.2) is 13.1 Å². The Morgan fingerprint density at radius 2 is 1.86 bits per heavy atom. The number of nitrogens with one attached hydrogen (secondary N) is 1. The molecule has 1 aliphatic rings. The van der Waals surface area contributed by atoms with Crippen molar-refractivity contribution in [3.8, 4) is 0 Å². The van der Waals surface area contributed by atoms with Crippen LogP contribution in [-0.2, 0) is 10.0 Å².